The molecular formula is C21H15F3N4OS2. The third kappa shape index (κ3) is 4.92. The Morgan fingerprint density at radius 1 is 0.968 bits per heavy atom. The number of nitrogens with one attached hydrogen (secondary N) is 2. The zero-order valence-electron chi connectivity index (χ0n) is 16.0. The number of alkyl halides is 3. The minimum atomic E-state index is -4.37. The molecule has 158 valence electrons. The second-order valence-corrected chi connectivity index (χ2v) is 8.35. The first kappa shape index (κ1) is 21.0. The number of rotatable bonds is 5. The summed E-state index contributed by atoms with van der Waals surface area (Å²) in [5.41, 5.74) is 1.73. The fraction of sp³-hybridized carbons (Fsp3) is 0.0952. The Labute approximate surface area is 183 Å². The van der Waals surface area contributed by atoms with Gasteiger partial charge >= 0.3 is 6.18 Å². The van der Waals surface area contributed by atoms with Crippen molar-refractivity contribution < 1.29 is 18.0 Å². The predicted octanol–water partition coefficient (Wildman–Crippen LogP) is 6.59. The first-order valence-corrected chi connectivity index (χ1v) is 10.7. The maximum atomic E-state index is 12.7. The molecule has 4 rings (SSSR count). The first-order chi connectivity index (χ1) is 14.8. The summed E-state index contributed by atoms with van der Waals surface area (Å²) in [5, 5.41) is 8.63. The van der Waals surface area contributed by atoms with Crippen LogP contribution in [-0.2, 0) is 6.18 Å². The lowest BCUT2D eigenvalue weighted by Crippen LogP contribution is -2.11. The van der Waals surface area contributed by atoms with Crippen molar-refractivity contribution >= 4 is 44.5 Å². The topological polar surface area (TPSA) is 66.9 Å². The van der Waals surface area contributed by atoms with Crippen molar-refractivity contribution in [1.82, 2.24) is 9.97 Å². The van der Waals surface area contributed by atoms with Crippen LogP contribution >= 0.6 is 22.7 Å². The molecule has 2 N–H and O–H groups in total. The van der Waals surface area contributed by atoms with Gasteiger partial charge in [-0.25, -0.2) is 9.97 Å². The van der Waals surface area contributed by atoms with Gasteiger partial charge in [-0.15, -0.1) is 11.3 Å². The van der Waals surface area contributed by atoms with Gasteiger partial charge in [-0.1, -0.05) is 29.5 Å². The molecule has 0 unspecified atom stereocenters. The van der Waals surface area contributed by atoms with Crippen LogP contribution in [0.4, 0.5) is 29.1 Å². The van der Waals surface area contributed by atoms with Gasteiger partial charge in [-0.3, -0.25) is 10.1 Å². The molecule has 0 aliphatic carbocycles. The third-order valence-electron chi connectivity index (χ3n) is 4.25. The number of carbonyl (C=O) groups is 1. The molecule has 0 radical (unpaired) electrons. The van der Waals surface area contributed by atoms with Gasteiger partial charge in [0, 0.05) is 16.6 Å². The second kappa shape index (κ2) is 8.48. The number of benzene rings is 2. The lowest BCUT2D eigenvalue weighted by Gasteiger charge is -2.07. The molecule has 2 aromatic carbocycles. The average molecular weight is 461 g/mol. The molecule has 5 nitrogen and oxygen atoms in total. The monoisotopic (exact) mass is 460 g/mol. The van der Waals surface area contributed by atoms with Gasteiger partial charge in [-0.05, 0) is 43.3 Å². The summed E-state index contributed by atoms with van der Waals surface area (Å²) in [7, 11) is 0. The molecule has 4 aromatic rings. The smallest absolute Gasteiger partial charge is 0.332 e. The summed E-state index contributed by atoms with van der Waals surface area (Å²) in [6, 6.07) is 13.6. The van der Waals surface area contributed by atoms with Crippen LogP contribution in [0.2, 0.25) is 0 Å². The lowest BCUT2D eigenvalue weighted by molar-refractivity contribution is -0.137. The predicted molar refractivity (Wildman–Crippen MR) is 117 cm³/mol. The summed E-state index contributed by atoms with van der Waals surface area (Å²) in [6.07, 6.45) is -4.37. The Morgan fingerprint density at radius 3 is 2.35 bits per heavy atom. The van der Waals surface area contributed by atoms with Crippen molar-refractivity contribution in [2.24, 2.45) is 0 Å². The Balaban J connectivity index is 1.47. The normalized spacial score (nSPS) is 11.4. The van der Waals surface area contributed by atoms with Crippen molar-refractivity contribution in [3.05, 3.63) is 76.8 Å². The van der Waals surface area contributed by atoms with Gasteiger partial charge in [0.2, 0.25) is 0 Å². The molecule has 2 aromatic heterocycles. The van der Waals surface area contributed by atoms with Gasteiger partial charge in [0.1, 0.15) is 0 Å². The van der Waals surface area contributed by atoms with Crippen LogP contribution in [0.1, 0.15) is 21.6 Å². The number of hydrogen-bond acceptors (Lipinski definition) is 6. The molecule has 0 spiro atoms. The summed E-state index contributed by atoms with van der Waals surface area (Å²) < 4.78 is 38.1. The molecule has 1 amide bonds. The van der Waals surface area contributed by atoms with E-state index in [9.17, 15) is 18.0 Å². The van der Waals surface area contributed by atoms with Crippen molar-refractivity contribution in [3.8, 4) is 10.6 Å². The van der Waals surface area contributed by atoms with Crippen LogP contribution in [0.5, 0.6) is 0 Å². The molecule has 0 aliphatic heterocycles. The van der Waals surface area contributed by atoms with Crippen molar-refractivity contribution in [2.45, 2.75) is 13.1 Å². The van der Waals surface area contributed by atoms with E-state index in [1.807, 2.05) is 18.4 Å². The van der Waals surface area contributed by atoms with Gasteiger partial charge in [0.05, 0.1) is 21.8 Å². The summed E-state index contributed by atoms with van der Waals surface area (Å²) in [4.78, 5) is 22.0. The number of halogens is 3. The van der Waals surface area contributed by atoms with E-state index in [2.05, 4.69) is 20.6 Å². The highest BCUT2D eigenvalue weighted by Gasteiger charge is 2.30. The molecular weight excluding hydrogens is 445 g/mol. The summed E-state index contributed by atoms with van der Waals surface area (Å²) >= 11 is 2.63. The Hall–Kier alpha value is -3.24. The minimum Gasteiger partial charge on any atom is -0.332 e. The number of nitrogens with zero attached hydrogens (tertiary/aromatic N) is 2. The van der Waals surface area contributed by atoms with E-state index >= 15 is 0 Å². The van der Waals surface area contributed by atoms with E-state index in [0.29, 0.717) is 27.2 Å². The zero-order chi connectivity index (χ0) is 22.0. The number of hydrogen-bond donors (Lipinski definition) is 2. The summed E-state index contributed by atoms with van der Waals surface area (Å²) in [6.45, 7) is 1.83. The van der Waals surface area contributed by atoms with Crippen LogP contribution in [0, 0.1) is 6.92 Å². The Morgan fingerprint density at radius 2 is 1.68 bits per heavy atom. The lowest BCUT2D eigenvalue weighted by atomic mass is 10.2. The highest BCUT2D eigenvalue weighted by atomic mass is 32.1. The fourth-order valence-electron chi connectivity index (χ4n) is 2.75. The quantitative estimate of drug-likeness (QED) is 0.353. The van der Waals surface area contributed by atoms with Gasteiger partial charge in [-0.2, -0.15) is 13.2 Å². The molecule has 0 aliphatic rings. The van der Waals surface area contributed by atoms with Crippen molar-refractivity contribution in [3.63, 3.8) is 0 Å². The van der Waals surface area contributed by atoms with E-state index < -0.39 is 11.7 Å². The van der Waals surface area contributed by atoms with Gasteiger partial charge < -0.3 is 5.32 Å². The van der Waals surface area contributed by atoms with Crippen LogP contribution in [0.15, 0.2) is 60.0 Å². The minimum absolute atomic E-state index is 0.246. The standard InChI is InChI=1S/C21H15F3N4OS2/c1-12-17(31-20(25-12)28-18(29)13-5-3-2-4-6-13)16-11-30-19(27-16)26-15-9-7-14(8-10-15)21(22,23)24/h2-11H,1H3,(H,26,27)(H,25,28,29). The number of aryl methyl sites for hydroxylation is 1. The first-order valence-electron chi connectivity index (χ1n) is 9.03. The highest BCUT2D eigenvalue weighted by molar-refractivity contribution is 7.20. The number of thiazole rings is 2. The Kier molecular flexibility index (Phi) is 5.75. The SMILES string of the molecule is Cc1nc(NC(=O)c2ccccc2)sc1-c1csc(Nc2ccc(C(F)(F)F)cc2)n1. The largest absolute Gasteiger partial charge is 0.416 e. The van der Waals surface area contributed by atoms with E-state index in [-0.39, 0.29) is 5.91 Å². The van der Waals surface area contributed by atoms with Gasteiger partial charge in [0.15, 0.2) is 10.3 Å². The average Bonchev–Trinajstić information content (AvgIpc) is 3.34. The van der Waals surface area contributed by atoms with Crippen molar-refractivity contribution in [2.75, 3.05) is 10.6 Å². The van der Waals surface area contributed by atoms with Crippen LogP contribution < -0.4 is 10.6 Å². The molecule has 0 saturated carbocycles. The van der Waals surface area contributed by atoms with Crippen molar-refractivity contribution in [1.29, 1.82) is 0 Å². The van der Waals surface area contributed by atoms with Crippen LogP contribution in [0.25, 0.3) is 10.6 Å². The maximum Gasteiger partial charge on any atom is 0.416 e. The van der Waals surface area contributed by atoms with Gasteiger partial charge in [0.25, 0.3) is 5.91 Å². The molecule has 2 heterocycles. The van der Waals surface area contributed by atoms with E-state index in [1.54, 1.807) is 24.3 Å². The number of aromatic nitrogens is 2. The summed E-state index contributed by atoms with van der Waals surface area (Å²) in [5.74, 6) is -0.246. The van der Waals surface area contributed by atoms with E-state index in [1.165, 1.54) is 34.8 Å². The molecule has 0 saturated heterocycles. The number of anilines is 3. The number of amides is 1. The fourth-order valence-corrected chi connectivity index (χ4v) is 4.47. The molecule has 0 bridgehead atoms. The molecule has 31 heavy (non-hydrogen) atoms. The molecule has 0 fully saturated rings. The van der Waals surface area contributed by atoms with E-state index in [0.717, 1.165) is 22.7 Å². The van der Waals surface area contributed by atoms with E-state index in [4.69, 9.17) is 0 Å². The van der Waals surface area contributed by atoms with Crippen LogP contribution in [0.3, 0.4) is 0 Å². The highest BCUT2D eigenvalue weighted by Crippen LogP contribution is 2.36. The second-order valence-electron chi connectivity index (χ2n) is 6.49. The maximum absolute atomic E-state index is 12.7. The zero-order valence-corrected chi connectivity index (χ0v) is 17.7. The third-order valence-corrected chi connectivity index (χ3v) is 6.11. The number of carbonyl (C=O) groups excluding carboxylic acids is 1. The molecule has 10 heteroatoms. The molecule has 0 atom stereocenters. The Bertz CT molecular complexity index is 1200. The van der Waals surface area contributed by atoms with Crippen LogP contribution in [-0.4, -0.2) is 15.9 Å².